The highest BCUT2D eigenvalue weighted by Gasteiger charge is 2.15. The van der Waals surface area contributed by atoms with Crippen molar-refractivity contribution in [2.24, 2.45) is 5.92 Å². The Morgan fingerprint density at radius 2 is 2.13 bits per heavy atom. The average Bonchev–Trinajstić information content (AvgIpc) is 2.17. The van der Waals surface area contributed by atoms with Gasteiger partial charge in [0.2, 0.25) is 0 Å². The first kappa shape index (κ1) is 11.3. The molecule has 0 aromatic heterocycles. The van der Waals surface area contributed by atoms with Crippen molar-refractivity contribution in [2.75, 3.05) is 18.8 Å². The molecule has 1 N–H and O–H groups in total. The second-order valence-electron chi connectivity index (χ2n) is 3.96. The zero-order valence-electron chi connectivity index (χ0n) is 8.71. The van der Waals surface area contributed by atoms with E-state index in [4.69, 9.17) is 11.6 Å². The van der Waals surface area contributed by atoms with Crippen molar-refractivity contribution >= 4 is 23.4 Å². The van der Waals surface area contributed by atoms with Crippen molar-refractivity contribution in [3.63, 3.8) is 0 Å². The third-order valence-corrected chi connectivity index (χ3v) is 4.16. The minimum absolute atomic E-state index is 0.898. The maximum absolute atomic E-state index is 6.08. The van der Waals surface area contributed by atoms with Crippen molar-refractivity contribution < 1.29 is 0 Å². The molecule has 0 spiro atoms. The topological polar surface area (TPSA) is 12.0 Å². The summed E-state index contributed by atoms with van der Waals surface area (Å²) in [7, 11) is 0. The van der Waals surface area contributed by atoms with Crippen LogP contribution < -0.4 is 5.32 Å². The van der Waals surface area contributed by atoms with Crippen LogP contribution in [-0.2, 0) is 5.75 Å². The second kappa shape index (κ2) is 5.78. The van der Waals surface area contributed by atoms with E-state index in [0.29, 0.717) is 0 Å². The van der Waals surface area contributed by atoms with E-state index in [1.54, 1.807) is 0 Å². The smallest absolute Gasteiger partial charge is 0.0446 e. The maximum Gasteiger partial charge on any atom is 0.0446 e. The summed E-state index contributed by atoms with van der Waals surface area (Å²) in [5.74, 6) is 3.21. The van der Waals surface area contributed by atoms with Gasteiger partial charge in [0.25, 0.3) is 0 Å². The minimum atomic E-state index is 0.898. The van der Waals surface area contributed by atoms with E-state index in [1.807, 2.05) is 23.9 Å². The van der Waals surface area contributed by atoms with Gasteiger partial charge in [-0.2, -0.15) is 11.8 Å². The number of halogens is 1. The van der Waals surface area contributed by atoms with E-state index in [0.717, 1.165) is 16.7 Å². The van der Waals surface area contributed by atoms with Gasteiger partial charge in [-0.3, -0.25) is 0 Å². The fourth-order valence-corrected chi connectivity index (χ4v) is 3.00. The molecule has 0 atom stereocenters. The molecule has 1 aliphatic rings. The van der Waals surface area contributed by atoms with Gasteiger partial charge in [0.15, 0.2) is 0 Å². The molecule has 0 radical (unpaired) electrons. The van der Waals surface area contributed by atoms with E-state index in [1.165, 1.54) is 30.8 Å². The predicted molar refractivity (Wildman–Crippen MR) is 68.6 cm³/mol. The monoisotopic (exact) mass is 241 g/mol. The Balaban J connectivity index is 1.66. The van der Waals surface area contributed by atoms with Crippen molar-refractivity contribution in [2.45, 2.75) is 12.2 Å². The first-order chi connectivity index (χ1) is 7.36. The van der Waals surface area contributed by atoms with E-state index >= 15 is 0 Å². The minimum Gasteiger partial charge on any atom is -0.316 e. The highest BCUT2D eigenvalue weighted by molar-refractivity contribution is 7.98. The molecular formula is C12H16ClNS. The van der Waals surface area contributed by atoms with Gasteiger partial charge in [0.1, 0.15) is 0 Å². The molecule has 0 bridgehead atoms. The molecule has 1 aromatic carbocycles. The average molecular weight is 242 g/mol. The summed E-state index contributed by atoms with van der Waals surface area (Å²) < 4.78 is 0. The van der Waals surface area contributed by atoms with Gasteiger partial charge < -0.3 is 5.32 Å². The molecule has 2 rings (SSSR count). The number of hydrogen-bond donors (Lipinski definition) is 1. The summed E-state index contributed by atoms with van der Waals surface area (Å²) in [4.78, 5) is 0. The molecule has 1 aromatic rings. The fraction of sp³-hybridized carbons (Fsp3) is 0.500. The van der Waals surface area contributed by atoms with Crippen LogP contribution in [0.1, 0.15) is 12.0 Å². The third-order valence-electron chi connectivity index (χ3n) is 2.75. The molecule has 1 saturated heterocycles. The van der Waals surface area contributed by atoms with Crippen LogP contribution in [0.5, 0.6) is 0 Å². The molecule has 0 unspecified atom stereocenters. The Hall–Kier alpha value is -0.180. The maximum atomic E-state index is 6.08. The Morgan fingerprint density at radius 1 is 1.33 bits per heavy atom. The Labute approximate surface area is 101 Å². The summed E-state index contributed by atoms with van der Waals surface area (Å²) >= 11 is 8.07. The standard InChI is InChI=1S/C12H16ClNS/c13-12-4-2-1-3-11(12)9-15-6-5-10-7-14-8-10/h1-4,10,14H,5-9H2. The van der Waals surface area contributed by atoms with Gasteiger partial charge in [-0.25, -0.2) is 0 Å². The molecular weight excluding hydrogens is 226 g/mol. The summed E-state index contributed by atoms with van der Waals surface area (Å²) in [5, 5.41) is 4.20. The van der Waals surface area contributed by atoms with Crippen LogP contribution in [0.25, 0.3) is 0 Å². The molecule has 1 aliphatic heterocycles. The highest BCUT2D eigenvalue weighted by Crippen LogP contribution is 2.22. The Kier molecular flexibility index (Phi) is 4.36. The van der Waals surface area contributed by atoms with Gasteiger partial charge >= 0.3 is 0 Å². The van der Waals surface area contributed by atoms with Crippen LogP contribution in [0.2, 0.25) is 5.02 Å². The predicted octanol–water partition coefficient (Wildman–Crippen LogP) is 3.18. The quantitative estimate of drug-likeness (QED) is 0.795. The summed E-state index contributed by atoms with van der Waals surface area (Å²) in [6.45, 7) is 2.43. The second-order valence-corrected chi connectivity index (χ2v) is 5.47. The third kappa shape index (κ3) is 3.40. The van der Waals surface area contributed by atoms with Gasteiger partial charge in [-0.05, 0) is 42.8 Å². The summed E-state index contributed by atoms with van der Waals surface area (Å²) in [6, 6.07) is 8.11. The normalized spacial score (nSPS) is 16.3. The van der Waals surface area contributed by atoms with Crippen LogP contribution in [0.3, 0.4) is 0 Å². The van der Waals surface area contributed by atoms with E-state index < -0.39 is 0 Å². The number of benzene rings is 1. The number of hydrogen-bond acceptors (Lipinski definition) is 2. The van der Waals surface area contributed by atoms with Crippen molar-refractivity contribution in [3.8, 4) is 0 Å². The number of nitrogens with one attached hydrogen (secondary N) is 1. The summed E-state index contributed by atoms with van der Waals surface area (Å²) in [5.41, 5.74) is 1.26. The van der Waals surface area contributed by atoms with Crippen LogP contribution in [-0.4, -0.2) is 18.8 Å². The first-order valence-corrected chi connectivity index (χ1v) is 6.91. The first-order valence-electron chi connectivity index (χ1n) is 5.38. The highest BCUT2D eigenvalue weighted by atomic mass is 35.5. The lowest BCUT2D eigenvalue weighted by Gasteiger charge is -2.26. The van der Waals surface area contributed by atoms with Crippen molar-refractivity contribution in [3.05, 3.63) is 34.9 Å². The molecule has 82 valence electrons. The number of thioether (sulfide) groups is 1. The molecule has 3 heteroatoms. The van der Waals surface area contributed by atoms with Crippen molar-refractivity contribution in [1.29, 1.82) is 0 Å². The van der Waals surface area contributed by atoms with Crippen LogP contribution in [0.15, 0.2) is 24.3 Å². The molecule has 1 fully saturated rings. The van der Waals surface area contributed by atoms with Gasteiger partial charge in [0.05, 0.1) is 0 Å². The largest absolute Gasteiger partial charge is 0.316 e. The fourth-order valence-electron chi connectivity index (χ4n) is 1.60. The zero-order valence-corrected chi connectivity index (χ0v) is 10.3. The Bertz CT molecular complexity index is 312. The molecule has 1 nitrogen and oxygen atoms in total. The molecule has 1 heterocycles. The zero-order chi connectivity index (χ0) is 10.5. The Morgan fingerprint density at radius 3 is 2.80 bits per heavy atom. The lowest BCUT2D eigenvalue weighted by atomic mass is 10.0. The molecule has 15 heavy (non-hydrogen) atoms. The molecule has 0 amide bonds. The molecule has 0 saturated carbocycles. The lowest BCUT2D eigenvalue weighted by Crippen LogP contribution is -2.42. The van der Waals surface area contributed by atoms with Crippen LogP contribution in [0, 0.1) is 5.92 Å². The van der Waals surface area contributed by atoms with E-state index in [2.05, 4.69) is 17.4 Å². The SMILES string of the molecule is Clc1ccccc1CSCCC1CNC1. The van der Waals surface area contributed by atoms with Crippen LogP contribution in [0.4, 0.5) is 0 Å². The van der Waals surface area contributed by atoms with Gasteiger partial charge in [-0.1, -0.05) is 29.8 Å². The van der Waals surface area contributed by atoms with Crippen LogP contribution >= 0.6 is 23.4 Å². The number of rotatable bonds is 5. The lowest BCUT2D eigenvalue weighted by molar-refractivity contribution is 0.341. The van der Waals surface area contributed by atoms with E-state index in [9.17, 15) is 0 Å². The van der Waals surface area contributed by atoms with Crippen molar-refractivity contribution in [1.82, 2.24) is 5.32 Å². The van der Waals surface area contributed by atoms with Gasteiger partial charge in [-0.15, -0.1) is 0 Å². The molecule has 0 aliphatic carbocycles. The van der Waals surface area contributed by atoms with Gasteiger partial charge in [0, 0.05) is 10.8 Å². The summed E-state index contributed by atoms with van der Waals surface area (Å²) in [6.07, 6.45) is 1.34. The van der Waals surface area contributed by atoms with E-state index in [-0.39, 0.29) is 0 Å².